The molecule has 2 amide bonds. The molecule has 142 valence electrons. The second-order valence-corrected chi connectivity index (χ2v) is 6.59. The highest BCUT2D eigenvalue weighted by atomic mass is 16.6. The van der Waals surface area contributed by atoms with Gasteiger partial charge in [-0.1, -0.05) is 18.2 Å². The van der Waals surface area contributed by atoms with Gasteiger partial charge in [-0.2, -0.15) is 5.10 Å². The van der Waals surface area contributed by atoms with Crippen LogP contribution in [0.5, 0.6) is 0 Å². The van der Waals surface area contributed by atoms with Gasteiger partial charge < -0.3 is 10.2 Å². The van der Waals surface area contributed by atoms with Crippen LogP contribution in [-0.2, 0) is 18.3 Å². The molecule has 1 saturated heterocycles. The summed E-state index contributed by atoms with van der Waals surface area (Å²) in [6.45, 7) is 1.02. The average Bonchev–Trinajstić information content (AvgIpc) is 3.09. The van der Waals surface area contributed by atoms with E-state index in [1.54, 1.807) is 41.0 Å². The van der Waals surface area contributed by atoms with Crippen molar-refractivity contribution in [3.8, 4) is 0 Å². The first-order valence-electron chi connectivity index (χ1n) is 8.73. The maximum absolute atomic E-state index is 12.5. The van der Waals surface area contributed by atoms with E-state index >= 15 is 0 Å². The van der Waals surface area contributed by atoms with E-state index < -0.39 is 4.92 Å². The number of nitrogens with zero attached hydrogens (tertiary/aromatic N) is 4. The van der Waals surface area contributed by atoms with E-state index in [2.05, 4.69) is 10.4 Å². The van der Waals surface area contributed by atoms with Gasteiger partial charge in [-0.3, -0.25) is 24.4 Å². The monoisotopic (exact) mass is 371 g/mol. The summed E-state index contributed by atoms with van der Waals surface area (Å²) in [4.78, 5) is 37.0. The van der Waals surface area contributed by atoms with Crippen molar-refractivity contribution in [2.45, 2.75) is 25.3 Å². The molecule has 0 bridgehead atoms. The molecule has 3 rings (SSSR count). The molecule has 0 atom stereocenters. The molecular weight excluding hydrogens is 350 g/mol. The molecule has 0 saturated carbocycles. The zero-order valence-electron chi connectivity index (χ0n) is 15.0. The third-order valence-electron chi connectivity index (χ3n) is 4.68. The molecule has 27 heavy (non-hydrogen) atoms. The van der Waals surface area contributed by atoms with Gasteiger partial charge in [0.15, 0.2) is 0 Å². The van der Waals surface area contributed by atoms with E-state index in [1.807, 2.05) is 0 Å². The molecule has 0 aliphatic carbocycles. The lowest BCUT2D eigenvalue weighted by atomic mass is 10.0. The highest BCUT2D eigenvalue weighted by Crippen LogP contribution is 2.20. The molecule has 1 N–H and O–H groups in total. The Morgan fingerprint density at radius 3 is 2.63 bits per heavy atom. The van der Waals surface area contributed by atoms with Gasteiger partial charge >= 0.3 is 0 Å². The van der Waals surface area contributed by atoms with Gasteiger partial charge in [0.1, 0.15) is 0 Å². The zero-order chi connectivity index (χ0) is 19.4. The lowest BCUT2D eigenvalue weighted by Crippen LogP contribution is -2.46. The number of aromatic nitrogens is 2. The number of carbonyl (C=O) groups is 2. The normalized spacial score (nSPS) is 14.8. The number of benzene rings is 1. The first-order chi connectivity index (χ1) is 12.9. The summed E-state index contributed by atoms with van der Waals surface area (Å²) in [5, 5.41) is 18.0. The molecule has 1 fully saturated rings. The van der Waals surface area contributed by atoms with E-state index in [-0.39, 0.29) is 30.0 Å². The standard InChI is InChI=1S/C18H21N5O4/c1-21-12-14(11-19-21)18(25)20-15-6-8-22(9-7-15)17(24)10-13-4-2-3-5-16(13)23(26)27/h2-5,11-12,15H,6-10H2,1H3,(H,20,25). The van der Waals surface area contributed by atoms with Gasteiger partial charge in [0, 0.05) is 44.0 Å². The molecule has 9 heteroatoms. The Hall–Kier alpha value is -3.23. The molecule has 2 heterocycles. The molecule has 0 unspecified atom stereocenters. The lowest BCUT2D eigenvalue weighted by Gasteiger charge is -2.32. The summed E-state index contributed by atoms with van der Waals surface area (Å²) in [5.41, 5.74) is 0.886. The van der Waals surface area contributed by atoms with Gasteiger partial charge in [-0.25, -0.2) is 0 Å². The van der Waals surface area contributed by atoms with Gasteiger partial charge in [0.25, 0.3) is 11.6 Å². The topological polar surface area (TPSA) is 110 Å². The maximum atomic E-state index is 12.5. The van der Waals surface area contributed by atoms with Gasteiger partial charge in [-0.05, 0) is 12.8 Å². The van der Waals surface area contributed by atoms with Crippen molar-refractivity contribution in [1.82, 2.24) is 20.0 Å². The van der Waals surface area contributed by atoms with Gasteiger partial charge in [-0.15, -0.1) is 0 Å². The Labute approximate surface area is 156 Å². The molecule has 1 aliphatic rings. The van der Waals surface area contributed by atoms with Crippen LogP contribution in [0, 0.1) is 10.1 Å². The molecular formula is C18H21N5O4. The molecule has 1 aromatic carbocycles. The number of piperidine rings is 1. The number of para-hydroxylation sites is 1. The quantitative estimate of drug-likeness (QED) is 0.629. The number of rotatable bonds is 5. The van der Waals surface area contributed by atoms with Gasteiger partial charge in [0.2, 0.25) is 5.91 Å². The van der Waals surface area contributed by atoms with Crippen LogP contribution in [0.25, 0.3) is 0 Å². The summed E-state index contributed by atoms with van der Waals surface area (Å²) in [6.07, 6.45) is 4.47. The minimum Gasteiger partial charge on any atom is -0.349 e. The molecule has 0 radical (unpaired) electrons. The van der Waals surface area contributed by atoms with E-state index in [0.717, 1.165) is 0 Å². The highest BCUT2D eigenvalue weighted by molar-refractivity contribution is 5.93. The van der Waals surface area contributed by atoms with Crippen LogP contribution in [-0.4, -0.2) is 50.5 Å². The molecule has 9 nitrogen and oxygen atoms in total. The van der Waals surface area contributed by atoms with Crippen LogP contribution in [0.4, 0.5) is 5.69 Å². The largest absolute Gasteiger partial charge is 0.349 e. The maximum Gasteiger partial charge on any atom is 0.273 e. The van der Waals surface area contributed by atoms with Crippen molar-refractivity contribution in [3.63, 3.8) is 0 Å². The molecule has 1 aliphatic heterocycles. The first-order valence-corrected chi connectivity index (χ1v) is 8.73. The summed E-state index contributed by atoms with van der Waals surface area (Å²) in [5.74, 6) is -0.311. The van der Waals surface area contributed by atoms with Crippen molar-refractivity contribution < 1.29 is 14.5 Å². The van der Waals surface area contributed by atoms with Crippen molar-refractivity contribution in [1.29, 1.82) is 0 Å². The lowest BCUT2D eigenvalue weighted by molar-refractivity contribution is -0.385. The fourth-order valence-corrected chi connectivity index (χ4v) is 3.19. The fraction of sp³-hybridized carbons (Fsp3) is 0.389. The highest BCUT2D eigenvalue weighted by Gasteiger charge is 2.26. The van der Waals surface area contributed by atoms with E-state index in [4.69, 9.17) is 0 Å². The Kier molecular flexibility index (Phi) is 5.49. The minimum atomic E-state index is -0.469. The van der Waals surface area contributed by atoms with Crippen LogP contribution in [0.1, 0.15) is 28.8 Å². The van der Waals surface area contributed by atoms with Crippen molar-refractivity contribution >= 4 is 17.5 Å². The summed E-state index contributed by atoms with van der Waals surface area (Å²) in [7, 11) is 1.75. The Bertz CT molecular complexity index is 855. The van der Waals surface area contributed by atoms with Crippen LogP contribution in [0.2, 0.25) is 0 Å². The molecule has 1 aromatic heterocycles. The summed E-state index contributed by atoms with van der Waals surface area (Å²) >= 11 is 0. The third kappa shape index (κ3) is 4.49. The van der Waals surface area contributed by atoms with Crippen LogP contribution < -0.4 is 5.32 Å². The SMILES string of the molecule is Cn1cc(C(=O)NC2CCN(C(=O)Cc3ccccc3[N+](=O)[O-])CC2)cn1. The Balaban J connectivity index is 1.52. The van der Waals surface area contributed by atoms with Crippen LogP contribution in [0.15, 0.2) is 36.7 Å². The number of amides is 2. The number of likely N-dealkylation sites (tertiary alicyclic amines) is 1. The third-order valence-corrected chi connectivity index (χ3v) is 4.68. The van der Waals surface area contributed by atoms with E-state index in [9.17, 15) is 19.7 Å². The number of nitrogens with one attached hydrogen (secondary N) is 1. The number of nitro groups is 1. The second kappa shape index (κ2) is 7.98. The van der Waals surface area contributed by atoms with Crippen LogP contribution >= 0.6 is 0 Å². The van der Waals surface area contributed by atoms with Crippen molar-refractivity contribution in [2.75, 3.05) is 13.1 Å². The minimum absolute atomic E-state index is 0.00383. The van der Waals surface area contributed by atoms with Crippen molar-refractivity contribution in [3.05, 3.63) is 57.9 Å². The number of hydrogen-bond donors (Lipinski definition) is 1. The number of carbonyl (C=O) groups excluding carboxylic acids is 2. The Morgan fingerprint density at radius 2 is 2.00 bits per heavy atom. The van der Waals surface area contributed by atoms with E-state index in [0.29, 0.717) is 37.1 Å². The number of aryl methyl sites for hydroxylation is 1. The van der Waals surface area contributed by atoms with Crippen molar-refractivity contribution in [2.24, 2.45) is 7.05 Å². The summed E-state index contributed by atoms with van der Waals surface area (Å²) in [6, 6.07) is 6.28. The smallest absolute Gasteiger partial charge is 0.273 e. The van der Waals surface area contributed by atoms with E-state index in [1.165, 1.54) is 12.3 Å². The molecule has 2 aromatic rings. The predicted molar refractivity (Wildman–Crippen MR) is 97.1 cm³/mol. The summed E-state index contributed by atoms with van der Waals surface area (Å²) < 4.78 is 1.57. The molecule has 0 spiro atoms. The number of nitro benzene ring substituents is 1. The zero-order valence-corrected chi connectivity index (χ0v) is 15.0. The predicted octanol–water partition coefficient (Wildman–Crippen LogP) is 1.29. The average molecular weight is 371 g/mol. The fourth-order valence-electron chi connectivity index (χ4n) is 3.19. The second-order valence-electron chi connectivity index (χ2n) is 6.59. The Morgan fingerprint density at radius 1 is 1.30 bits per heavy atom. The van der Waals surface area contributed by atoms with Crippen LogP contribution in [0.3, 0.4) is 0 Å². The first kappa shape index (κ1) is 18.6. The van der Waals surface area contributed by atoms with Gasteiger partial charge in [0.05, 0.1) is 23.1 Å². The number of hydrogen-bond acceptors (Lipinski definition) is 5.